The van der Waals surface area contributed by atoms with Crippen molar-refractivity contribution >= 4 is 39.7 Å². The molecule has 0 N–H and O–H groups in total. The van der Waals surface area contributed by atoms with Crippen molar-refractivity contribution in [1.29, 1.82) is 0 Å². The summed E-state index contributed by atoms with van der Waals surface area (Å²) in [7, 11) is 0. The Hall–Kier alpha value is -1.99. The fraction of sp³-hybridized carbons (Fsp3) is 0.250. The second kappa shape index (κ2) is 7.06. The summed E-state index contributed by atoms with van der Waals surface area (Å²) in [6.07, 6.45) is 1.70. The zero-order valence-corrected chi connectivity index (χ0v) is 14.2. The molecule has 5 nitrogen and oxygen atoms in total. The Kier molecular flexibility index (Phi) is 4.88. The van der Waals surface area contributed by atoms with Crippen LogP contribution in [0.25, 0.3) is 10.8 Å². The van der Waals surface area contributed by atoms with E-state index in [1.807, 2.05) is 29.6 Å². The van der Waals surface area contributed by atoms with Crippen LogP contribution in [0.3, 0.4) is 0 Å². The van der Waals surface area contributed by atoms with E-state index in [2.05, 4.69) is 10.1 Å². The van der Waals surface area contributed by atoms with Gasteiger partial charge in [0.05, 0.1) is 29.6 Å². The molecule has 0 unspecified atom stereocenters. The number of Topliss-reactive ketones (excluding diaryl/α,β-unsaturated/α-hetero) is 1. The number of thioether (sulfide) groups is 1. The highest BCUT2D eigenvalue weighted by Crippen LogP contribution is 2.16. The van der Waals surface area contributed by atoms with Crippen LogP contribution in [-0.2, 0) is 17.1 Å². The number of hydrogen-bond acceptors (Lipinski definition) is 6. The molecule has 118 valence electrons. The van der Waals surface area contributed by atoms with E-state index in [0.29, 0.717) is 23.4 Å². The SMILES string of the molecule is CC(=O)CSCc1csc(Cn2ncc3ccccc3c2=O)n1. The van der Waals surface area contributed by atoms with Crippen molar-refractivity contribution in [3.05, 3.63) is 56.9 Å². The lowest BCUT2D eigenvalue weighted by Gasteiger charge is -2.03. The number of thiazole rings is 1. The van der Waals surface area contributed by atoms with Gasteiger partial charge < -0.3 is 0 Å². The monoisotopic (exact) mass is 345 g/mol. The van der Waals surface area contributed by atoms with E-state index in [1.165, 1.54) is 16.0 Å². The van der Waals surface area contributed by atoms with E-state index >= 15 is 0 Å². The van der Waals surface area contributed by atoms with Crippen LogP contribution in [-0.4, -0.2) is 26.3 Å². The molecule has 0 aliphatic rings. The van der Waals surface area contributed by atoms with Gasteiger partial charge in [0.15, 0.2) is 0 Å². The molecule has 1 aromatic carbocycles. The highest BCUT2D eigenvalue weighted by atomic mass is 32.2. The summed E-state index contributed by atoms with van der Waals surface area (Å²) in [5.41, 5.74) is 0.830. The first kappa shape index (κ1) is 15.9. The largest absolute Gasteiger partial charge is 0.299 e. The molecular weight excluding hydrogens is 330 g/mol. The second-order valence-electron chi connectivity index (χ2n) is 5.12. The predicted molar refractivity (Wildman–Crippen MR) is 94.1 cm³/mol. The highest BCUT2D eigenvalue weighted by molar-refractivity contribution is 7.99. The van der Waals surface area contributed by atoms with Gasteiger partial charge in [-0.3, -0.25) is 9.59 Å². The fourth-order valence-electron chi connectivity index (χ4n) is 2.16. The molecule has 0 radical (unpaired) electrons. The quantitative estimate of drug-likeness (QED) is 0.687. The number of carbonyl (C=O) groups is 1. The Balaban J connectivity index is 1.75. The zero-order chi connectivity index (χ0) is 16.2. The van der Waals surface area contributed by atoms with Crippen LogP contribution < -0.4 is 5.56 Å². The number of fused-ring (bicyclic) bond motifs is 1. The summed E-state index contributed by atoms with van der Waals surface area (Å²) in [6, 6.07) is 7.42. The topological polar surface area (TPSA) is 64.8 Å². The average Bonchev–Trinajstić information content (AvgIpc) is 2.97. The van der Waals surface area contributed by atoms with Crippen LogP contribution in [0.5, 0.6) is 0 Å². The average molecular weight is 345 g/mol. The molecule has 23 heavy (non-hydrogen) atoms. The van der Waals surface area contributed by atoms with Gasteiger partial charge in [0.25, 0.3) is 5.56 Å². The van der Waals surface area contributed by atoms with Crippen LogP contribution >= 0.6 is 23.1 Å². The summed E-state index contributed by atoms with van der Waals surface area (Å²) < 4.78 is 1.44. The standard InChI is InChI=1S/C16H15N3O2S2/c1-11(20)8-22-9-13-10-23-15(18-13)7-19-16(21)14-5-3-2-4-12(14)6-17-19/h2-6,10H,7-9H2,1H3. The number of aromatic nitrogens is 3. The van der Waals surface area contributed by atoms with Crippen LogP contribution in [0, 0.1) is 0 Å². The molecule has 0 aliphatic heterocycles. The van der Waals surface area contributed by atoms with Crippen molar-refractivity contribution in [2.75, 3.05) is 5.75 Å². The Labute approximate surface area is 141 Å². The lowest BCUT2D eigenvalue weighted by molar-refractivity contribution is -0.114. The van der Waals surface area contributed by atoms with Crippen molar-refractivity contribution in [2.24, 2.45) is 0 Å². The molecule has 2 heterocycles. The van der Waals surface area contributed by atoms with Crippen LogP contribution in [0.1, 0.15) is 17.6 Å². The van der Waals surface area contributed by atoms with Crippen molar-refractivity contribution in [3.63, 3.8) is 0 Å². The van der Waals surface area contributed by atoms with Gasteiger partial charge in [0.2, 0.25) is 0 Å². The Morgan fingerprint density at radius 3 is 3.00 bits per heavy atom. The van der Waals surface area contributed by atoms with Gasteiger partial charge in [-0.2, -0.15) is 5.10 Å². The number of carbonyl (C=O) groups excluding carboxylic acids is 1. The lowest BCUT2D eigenvalue weighted by atomic mass is 10.2. The molecule has 0 atom stereocenters. The van der Waals surface area contributed by atoms with Crippen molar-refractivity contribution in [3.8, 4) is 0 Å². The first-order valence-electron chi connectivity index (χ1n) is 7.09. The van der Waals surface area contributed by atoms with Crippen LogP contribution in [0.4, 0.5) is 0 Å². The third-order valence-electron chi connectivity index (χ3n) is 3.20. The fourth-order valence-corrected chi connectivity index (χ4v) is 3.78. The summed E-state index contributed by atoms with van der Waals surface area (Å²) in [6.45, 7) is 1.95. The lowest BCUT2D eigenvalue weighted by Crippen LogP contribution is -2.23. The molecule has 3 rings (SSSR count). The number of hydrogen-bond donors (Lipinski definition) is 0. The first-order chi connectivity index (χ1) is 11.1. The number of ketones is 1. The Bertz CT molecular complexity index is 901. The highest BCUT2D eigenvalue weighted by Gasteiger charge is 2.08. The van der Waals surface area contributed by atoms with E-state index < -0.39 is 0 Å². The van der Waals surface area contributed by atoms with Gasteiger partial charge in [-0.1, -0.05) is 18.2 Å². The summed E-state index contributed by atoms with van der Waals surface area (Å²) in [5, 5.41) is 8.53. The maximum atomic E-state index is 12.4. The van der Waals surface area contributed by atoms with E-state index in [0.717, 1.165) is 16.1 Å². The molecular formula is C16H15N3O2S2. The van der Waals surface area contributed by atoms with Crippen LogP contribution in [0.15, 0.2) is 40.6 Å². The Morgan fingerprint density at radius 1 is 1.35 bits per heavy atom. The molecule has 7 heteroatoms. The number of nitrogens with zero attached hydrogens (tertiary/aromatic N) is 3. The van der Waals surface area contributed by atoms with Crippen molar-refractivity contribution < 1.29 is 4.79 Å². The van der Waals surface area contributed by atoms with Crippen molar-refractivity contribution in [1.82, 2.24) is 14.8 Å². The minimum absolute atomic E-state index is 0.106. The molecule has 0 fully saturated rings. The zero-order valence-electron chi connectivity index (χ0n) is 12.6. The Morgan fingerprint density at radius 2 is 2.17 bits per heavy atom. The molecule has 3 aromatic rings. The van der Waals surface area contributed by atoms with Gasteiger partial charge in [-0.05, 0) is 13.0 Å². The van der Waals surface area contributed by atoms with Gasteiger partial charge in [0.1, 0.15) is 10.8 Å². The van der Waals surface area contributed by atoms with Crippen molar-refractivity contribution in [2.45, 2.75) is 19.2 Å². The van der Waals surface area contributed by atoms with Gasteiger partial charge in [-0.15, -0.1) is 23.1 Å². The summed E-state index contributed by atoms with van der Waals surface area (Å²) in [4.78, 5) is 27.9. The van der Waals surface area contributed by atoms with E-state index in [9.17, 15) is 9.59 Å². The molecule has 0 saturated heterocycles. The first-order valence-corrected chi connectivity index (χ1v) is 9.12. The minimum atomic E-state index is -0.106. The molecule has 0 amide bonds. The number of rotatable bonds is 6. The second-order valence-corrected chi connectivity index (χ2v) is 7.05. The maximum absolute atomic E-state index is 12.4. The smallest absolute Gasteiger partial charge is 0.275 e. The predicted octanol–water partition coefficient (Wildman–Crippen LogP) is 2.72. The van der Waals surface area contributed by atoms with E-state index in [4.69, 9.17) is 0 Å². The number of benzene rings is 1. The molecule has 2 aromatic heterocycles. The summed E-state index contributed by atoms with van der Waals surface area (Å²) >= 11 is 3.06. The molecule has 0 spiro atoms. The minimum Gasteiger partial charge on any atom is -0.299 e. The van der Waals surface area contributed by atoms with Gasteiger partial charge in [-0.25, -0.2) is 9.67 Å². The molecule has 0 bridgehead atoms. The normalized spacial score (nSPS) is 11.0. The summed E-state index contributed by atoms with van der Waals surface area (Å²) in [5.74, 6) is 1.37. The molecule has 0 saturated carbocycles. The molecule has 0 aliphatic carbocycles. The third-order valence-corrected chi connectivity index (χ3v) is 5.19. The van der Waals surface area contributed by atoms with Gasteiger partial charge in [0, 0.05) is 16.5 Å². The van der Waals surface area contributed by atoms with E-state index in [-0.39, 0.29) is 11.3 Å². The maximum Gasteiger partial charge on any atom is 0.275 e. The van der Waals surface area contributed by atoms with E-state index in [1.54, 1.807) is 24.9 Å². The van der Waals surface area contributed by atoms with Crippen LogP contribution in [0.2, 0.25) is 0 Å². The third kappa shape index (κ3) is 3.86. The van der Waals surface area contributed by atoms with Gasteiger partial charge >= 0.3 is 0 Å².